The van der Waals surface area contributed by atoms with Crippen LogP contribution in [0.5, 0.6) is 5.75 Å². The molecule has 0 radical (unpaired) electrons. The van der Waals surface area contributed by atoms with Crippen molar-refractivity contribution in [1.29, 1.82) is 0 Å². The minimum atomic E-state index is -0.476. The van der Waals surface area contributed by atoms with E-state index in [9.17, 15) is 10.1 Å². The molecule has 2 heterocycles. The van der Waals surface area contributed by atoms with Crippen molar-refractivity contribution in [3.05, 3.63) is 40.7 Å². The first-order valence-electron chi connectivity index (χ1n) is 9.71. The molecule has 2 N–H and O–H groups in total. The number of nitro groups is 1. The Kier molecular flexibility index (Phi) is 7.54. The van der Waals surface area contributed by atoms with Gasteiger partial charge in [0.15, 0.2) is 0 Å². The van der Waals surface area contributed by atoms with Gasteiger partial charge in [0, 0.05) is 19.6 Å². The molecule has 10 nitrogen and oxygen atoms in total. The molecule has 10 heteroatoms. The highest BCUT2D eigenvalue weighted by Gasteiger charge is 2.23. The van der Waals surface area contributed by atoms with Crippen LogP contribution in [-0.4, -0.2) is 65.8 Å². The largest absolute Gasteiger partial charge is 0.492 e. The van der Waals surface area contributed by atoms with Crippen LogP contribution in [0.4, 0.5) is 23.0 Å². The van der Waals surface area contributed by atoms with Crippen molar-refractivity contribution in [2.75, 3.05) is 56.6 Å². The molecule has 0 spiro atoms. The zero-order valence-electron chi connectivity index (χ0n) is 16.5. The van der Waals surface area contributed by atoms with Gasteiger partial charge in [0.05, 0.1) is 30.4 Å². The predicted octanol–water partition coefficient (Wildman–Crippen LogP) is 2.66. The van der Waals surface area contributed by atoms with Gasteiger partial charge in [-0.1, -0.05) is 12.1 Å². The zero-order chi connectivity index (χ0) is 20.5. The van der Waals surface area contributed by atoms with Gasteiger partial charge in [0.1, 0.15) is 12.1 Å². The molecule has 0 aliphatic carbocycles. The predicted molar refractivity (Wildman–Crippen MR) is 110 cm³/mol. The normalized spacial score (nSPS) is 14.4. The molecule has 29 heavy (non-hydrogen) atoms. The first kappa shape index (κ1) is 20.7. The molecule has 0 amide bonds. The molecule has 2 aromatic rings. The van der Waals surface area contributed by atoms with E-state index in [1.54, 1.807) is 12.1 Å². The van der Waals surface area contributed by atoms with E-state index in [2.05, 4.69) is 25.5 Å². The van der Waals surface area contributed by atoms with Crippen molar-refractivity contribution in [2.24, 2.45) is 0 Å². The molecule has 3 rings (SSSR count). The van der Waals surface area contributed by atoms with Crippen molar-refractivity contribution < 1.29 is 14.4 Å². The Bertz CT molecular complexity index is 813. The third kappa shape index (κ3) is 5.75. The monoisotopic (exact) mass is 402 g/mol. The molecule has 1 aliphatic rings. The van der Waals surface area contributed by atoms with Crippen molar-refractivity contribution in [3.8, 4) is 5.75 Å². The van der Waals surface area contributed by atoms with E-state index in [-0.39, 0.29) is 17.3 Å². The van der Waals surface area contributed by atoms with E-state index in [1.165, 1.54) is 6.33 Å². The molecule has 156 valence electrons. The molecule has 1 fully saturated rings. The Labute approximate surface area is 169 Å². The second-order valence-corrected chi connectivity index (χ2v) is 6.47. The molecule has 1 aromatic heterocycles. The standard InChI is InChI=1S/C19H26N6O4/c1-2-29-16-7-4-3-6-15(16)23-19-17(25(26)27)18(21-14-22-19)20-8-5-9-24-10-12-28-13-11-24/h3-4,6-7,14H,2,5,8-13H2,1H3,(H2,20,21,22,23). The summed E-state index contributed by atoms with van der Waals surface area (Å²) in [6.45, 7) is 7.18. The number of hydrogen-bond donors (Lipinski definition) is 2. The average molecular weight is 402 g/mol. The lowest BCUT2D eigenvalue weighted by molar-refractivity contribution is -0.383. The van der Waals surface area contributed by atoms with Crippen LogP contribution in [0.3, 0.4) is 0 Å². The Morgan fingerprint density at radius 1 is 1.24 bits per heavy atom. The lowest BCUT2D eigenvalue weighted by Crippen LogP contribution is -2.37. The highest BCUT2D eigenvalue weighted by atomic mass is 16.6. The van der Waals surface area contributed by atoms with E-state index in [4.69, 9.17) is 9.47 Å². The molecular formula is C19H26N6O4. The summed E-state index contributed by atoms with van der Waals surface area (Å²) in [6.07, 6.45) is 2.15. The summed E-state index contributed by atoms with van der Waals surface area (Å²) in [5, 5.41) is 17.8. The maximum absolute atomic E-state index is 11.7. The number of anilines is 3. The van der Waals surface area contributed by atoms with Crippen LogP contribution in [0.15, 0.2) is 30.6 Å². The lowest BCUT2D eigenvalue weighted by atomic mass is 10.3. The van der Waals surface area contributed by atoms with Crippen molar-refractivity contribution in [3.63, 3.8) is 0 Å². The number of nitrogens with zero attached hydrogens (tertiary/aromatic N) is 4. The maximum Gasteiger partial charge on any atom is 0.353 e. The Hall–Kier alpha value is -2.98. The van der Waals surface area contributed by atoms with Crippen LogP contribution in [0, 0.1) is 10.1 Å². The zero-order valence-corrected chi connectivity index (χ0v) is 16.5. The van der Waals surface area contributed by atoms with Gasteiger partial charge in [0.25, 0.3) is 0 Å². The number of hydrogen-bond acceptors (Lipinski definition) is 9. The summed E-state index contributed by atoms with van der Waals surface area (Å²) < 4.78 is 10.9. The number of para-hydroxylation sites is 2. The van der Waals surface area contributed by atoms with Crippen LogP contribution in [0.1, 0.15) is 13.3 Å². The first-order chi connectivity index (χ1) is 14.2. The summed E-state index contributed by atoms with van der Waals surface area (Å²) >= 11 is 0. The Balaban J connectivity index is 1.68. The van der Waals surface area contributed by atoms with Gasteiger partial charge in [0.2, 0.25) is 11.6 Å². The SMILES string of the molecule is CCOc1ccccc1Nc1ncnc(NCCCN2CCOCC2)c1[N+](=O)[O-]. The van der Waals surface area contributed by atoms with E-state index >= 15 is 0 Å². The van der Waals surface area contributed by atoms with Crippen LogP contribution < -0.4 is 15.4 Å². The van der Waals surface area contributed by atoms with Crippen LogP contribution in [-0.2, 0) is 4.74 Å². The fourth-order valence-corrected chi connectivity index (χ4v) is 3.09. The quantitative estimate of drug-likeness (QED) is 0.351. The van der Waals surface area contributed by atoms with Gasteiger partial charge in [-0.3, -0.25) is 15.0 Å². The van der Waals surface area contributed by atoms with E-state index < -0.39 is 4.92 Å². The number of benzene rings is 1. The van der Waals surface area contributed by atoms with Gasteiger partial charge in [-0.05, 0) is 32.0 Å². The smallest absolute Gasteiger partial charge is 0.353 e. The Morgan fingerprint density at radius 3 is 2.76 bits per heavy atom. The molecule has 1 aliphatic heterocycles. The van der Waals surface area contributed by atoms with Crippen LogP contribution in [0.25, 0.3) is 0 Å². The molecule has 0 atom stereocenters. The van der Waals surface area contributed by atoms with Crippen LogP contribution in [0.2, 0.25) is 0 Å². The van der Waals surface area contributed by atoms with Gasteiger partial charge >= 0.3 is 5.69 Å². The number of aromatic nitrogens is 2. The van der Waals surface area contributed by atoms with E-state index in [0.29, 0.717) is 24.6 Å². The molecular weight excluding hydrogens is 376 g/mol. The molecule has 1 aromatic carbocycles. The fraction of sp³-hybridized carbons (Fsp3) is 0.474. The average Bonchev–Trinajstić information content (AvgIpc) is 2.73. The number of ether oxygens (including phenoxy) is 2. The minimum Gasteiger partial charge on any atom is -0.492 e. The molecule has 0 saturated carbocycles. The molecule has 1 saturated heterocycles. The second kappa shape index (κ2) is 10.5. The summed E-state index contributed by atoms with van der Waals surface area (Å²) in [5.74, 6) is 0.916. The van der Waals surface area contributed by atoms with E-state index in [0.717, 1.165) is 39.3 Å². The summed E-state index contributed by atoms with van der Waals surface area (Å²) in [5.41, 5.74) is 0.416. The topological polar surface area (TPSA) is 115 Å². The third-order valence-corrected chi connectivity index (χ3v) is 4.49. The minimum absolute atomic E-state index is 0.118. The van der Waals surface area contributed by atoms with Crippen molar-refractivity contribution in [1.82, 2.24) is 14.9 Å². The lowest BCUT2D eigenvalue weighted by Gasteiger charge is -2.26. The summed E-state index contributed by atoms with van der Waals surface area (Å²) in [4.78, 5) is 21.7. The van der Waals surface area contributed by atoms with Gasteiger partial charge in [-0.25, -0.2) is 9.97 Å². The van der Waals surface area contributed by atoms with Gasteiger partial charge in [-0.2, -0.15) is 0 Å². The number of rotatable bonds is 10. The highest BCUT2D eigenvalue weighted by molar-refractivity contribution is 5.75. The maximum atomic E-state index is 11.7. The molecule has 0 bridgehead atoms. The third-order valence-electron chi connectivity index (χ3n) is 4.49. The van der Waals surface area contributed by atoms with Crippen LogP contribution >= 0.6 is 0 Å². The van der Waals surface area contributed by atoms with Crippen molar-refractivity contribution in [2.45, 2.75) is 13.3 Å². The van der Waals surface area contributed by atoms with E-state index in [1.807, 2.05) is 19.1 Å². The van der Waals surface area contributed by atoms with Gasteiger partial charge in [-0.15, -0.1) is 0 Å². The summed E-state index contributed by atoms with van der Waals surface area (Å²) in [7, 11) is 0. The first-order valence-corrected chi connectivity index (χ1v) is 9.71. The van der Waals surface area contributed by atoms with Gasteiger partial charge < -0.3 is 20.1 Å². The second-order valence-electron chi connectivity index (χ2n) is 6.47. The summed E-state index contributed by atoms with van der Waals surface area (Å²) in [6, 6.07) is 7.24. The number of nitrogens with one attached hydrogen (secondary N) is 2. The fourth-order valence-electron chi connectivity index (χ4n) is 3.09. The Morgan fingerprint density at radius 2 is 2.00 bits per heavy atom. The highest BCUT2D eigenvalue weighted by Crippen LogP contribution is 2.34. The molecule has 0 unspecified atom stereocenters. The van der Waals surface area contributed by atoms with Crippen molar-refractivity contribution >= 4 is 23.0 Å². The number of morpholine rings is 1.